The first kappa shape index (κ1) is 18.8. The number of guanidine groups is 1. The molecule has 0 atom stereocenters. The van der Waals surface area contributed by atoms with Crippen molar-refractivity contribution in [3.63, 3.8) is 0 Å². The molecule has 2 N–H and O–H groups in total. The van der Waals surface area contributed by atoms with Crippen LogP contribution in [0.2, 0.25) is 5.02 Å². The smallest absolute Gasteiger partial charge is 0.246 e. The minimum absolute atomic E-state index is 0.0703. The van der Waals surface area contributed by atoms with Gasteiger partial charge in [0.1, 0.15) is 11.6 Å². The monoisotopic (exact) mass is 391 g/mol. The quantitative estimate of drug-likeness (QED) is 0.514. The van der Waals surface area contributed by atoms with Crippen molar-refractivity contribution in [3.05, 3.63) is 70.6 Å². The van der Waals surface area contributed by atoms with E-state index in [0.717, 1.165) is 23.8 Å². The summed E-state index contributed by atoms with van der Waals surface area (Å²) in [6, 6.07) is 10.4. The van der Waals surface area contributed by atoms with Crippen molar-refractivity contribution in [2.75, 3.05) is 7.05 Å². The van der Waals surface area contributed by atoms with Gasteiger partial charge in [-0.3, -0.25) is 4.99 Å². The van der Waals surface area contributed by atoms with E-state index in [0.29, 0.717) is 22.7 Å². The summed E-state index contributed by atoms with van der Waals surface area (Å²) in [5, 5.41) is 10.3. The van der Waals surface area contributed by atoms with Gasteiger partial charge in [0.25, 0.3) is 0 Å². The maximum atomic E-state index is 13.7. The summed E-state index contributed by atoms with van der Waals surface area (Å²) in [5.41, 5.74) is 0.931. The molecule has 6 nitrogen and oxygen atoms in total. The second-order valence-corrected chi connectivity index (χ2v) is 5.97. The molecule has 27 heavy (non-hydrogen) atoms. The average molecular weight is 392 g/mol. The highest BCUT2D eigenvalue weighted by atomic mass is 35.5. The third-order valence-electron chi connectivity index (χ3n) is 3.64. The summed E-state index contributed by atoms with van der Waals surface area (Å²) >= 11 is 5.96. The molecule has 140 valence electrons. The lowest BCUT2D eigenvalue weighted by Gasteiger charge is -2.11. The molecule has 3 aromatic rings. The Morgan fingerprint density at radius 3 is 2.74 bits per heavy atom. The van der Waals surface area contributed by atoms with Crippen molar-refractivity contribution >= 4 is 17.6 Å². The maximum absolute atomic E-state index is 13.7. The first-order valence-corrected chi connectivity index (χ1v) is 8.40. The van der Waals surface area contributed by atoms with E-state index in [1.54, 1.807) is 25.2 Å². The van der Waals surface area contributed by atoms with Crippen LogP contribution in [0.15, 0.2) is 52.0 Å². The summed E-state index contributed by atoms with van der Waals surface area (Å²) in [6.07, 6.45) is 0. The number of hydrogen-bond acceptors (Lipinski definition) is 4. The zero-order valence-corrected chi connectivity index (χ0v) is 15.1. The number of benzene rings is 2. The van der Waals surface area contributed by atoms with E-state index in [2.05, 4.69) is 25.8 Å². The fourth-order valence-electron chi connectivity index (χ4n) is 2.31. The van der Waals surface area contributed by atoms with Crippen LogP contribution < -0.4 is 10.6 Å². The Kier molecular flexibility index (Phi) is 5.97. The molecule has 0 fully saturated rings. The van der Waals surface area contributed by atoms with Crippen molar-refractivity contribution in [2.45, 2.75) is 13.1 Å². The predicted molar refractivity (Wildman–Crippen MR) is 98.1 cm³/mol. The normalized spacial score (nSPS) is 11.5. The lowest BCUT2D eigenvalue weighted by atomic mass is 10.2. The van der Waals surface area contributed by atoms with Gasteiger partial charge in [0, 0.05) is 29.7 Å². The van der Waals surface area contributed by atoms with E-state index >= 15 is 0 Å². The number of rotatable bonds is 5. The largest absolute Gasteiger partial charge is 0.352 e. The van der Waals surface area contributed by atoms with Gasteiger partial charge >= 0.3 is 0 Å². The third kappa shape index (κ3) is 5.01. The van der Waals surface area contributed by atoms with E-state index in [1.165, 1.54) is 0 Å². The van der Waals surface area contributed by atoms with Crippen LogP contribution in [-0.2, 0) is 13.1 Å². The highest BCUT2D eigenvalue weighted by molar-refractivity contribution is 6.30. The Morgan fingerprint density at radius 2 is 1.96 bits per heavy atom. The second-order valence-electron chi connectivity index (χ2n) is 5.54. The minimum atomic E-state index is -0.504. The van der Waals surface area contributed by atoms with Crippen LogP contribution in [0.4, 0.5) is 8.78 Å². The van der Waals surface area contributed by atoms with Gasteiger partial charge in [-0.05, 0) is 30.3 Å². The van der Waals surface area contributed by atoms with Gasteiger partial charge in [0.15, 0.2) is 5.96 Å². The lowest BCUT2D eigenvalue weighted by molar-refractivity contribution is 0.375. The number of nitrogens with one attached hydrogen (secondary N) is 2. The van der Waals surface area contributed by atoms with Gasteiger partial charge in [0.05, 0.1) is 6.54 Å². The SMILES string of the molecule is CN=C(NCc1nc(-c2cccc(Cl)c2)no1)NCc1cc(F)ccc1F. The molecule has 0 saturated heterocycles. The summed E-state index contributed by atoms with van der Waals surface area (Å²) in [5.74, 6) is 0.128. The van der Waals surface area contributed by atoms with Crippen LogP contribution in [-0.4, -0.2) is 23.1 Å². The van der Waals surface area contributed by atoms with Gasteiger partial charge in [-0.15, -0.1) is 0 Å². The molecule has 0 bridgehead atoms. The molecule has 3 rings (SSSR count). The van der Waals surface area contributed by atoms with E-state index in [-0.39, 0.29) is 18.7 Å². The molecule has 0 saturated carbocycles. The van der Waals surface area contributed by atoms with Crippen molar-refractivity contribution in [3.8, 4) is 11.4 Å². The zero-order chi connectivity index (χ0) is 19.2. The summed E-state index contributed by atoms with van der Waals surface area (Å²) in [4.78, 5) is 8.30. The van der Waals surface area contributed by atoms with Crippen LogP contribution in [0.25, 0.3) is 11.4 Å². The molecule has 2 aromatic carbocycles. The Hall–Kier alpha value is -3.00. The first-order valence-electron chi connectivity index (χ1n) is 8.02. The summed E-state index contributed by atoms with van der Waals surface area (Å²) < 4.78 is 32.1. The molecule has 0 amide bonds. The van der Waals surface area contributed by atoms with E-state index in [4.69, 9.17) is 16.1 Å². The Labute approximate surface area is 159 Å². The minimum Gasteiger partial charge on any atom is -0.352 e. The van der Waals surface area contributed by atoms with Gasteiger partial charge in [0.2, 0.25) is 11.7 Å². The number of hydrogen-bond donors (Lipinski definition) is 2. The molecular formula is C18H16ClF2N5O. The fourth-order valence-corrected chi connectivity index (χ4v) is 2.50. The van der Waals surface area contributed by atoms with Crippen molar-refractivity contribution in [2.24, 2.45) is 4.99 Å². The fraction of sp³-hybridized carbons (Fsp3) is 0.167. The maximum Gasteiger partial charge on any atom is 0.246 e. The van der Waals surface area contributed by atoms with Crippen molar-refractivity contribution < 1.29 is 13.3 Å². The zero-order valence-electron chi connectivity index (χ0n) is 14.3. The van der Waals surface area contributed by atoms with Crippen LogP contribution >= 0.6 is 11.6 Å². The molecule has 9 heteroatoms. The molecule has 1 aromatic heterocycles. The molecule has 0 aliphatic rings. The Bertz CT molecular complexity index is 960. The van der Waals surface area contributed by atoms with Crippen LogP contribution in [0.5, 0.6) is 0 Å². The van der Waals surface area contributed by atoms with Crippen molar-refractivity contribution in [1.29, 1.82) is 0 Å². The summed E-state index contributed by atoms with van der Waals surface area (Å²) in [7, 11) is 1.56. The third-order valence-corrected chi connectivity index (χ3v) is 3.87. The van der Waals surface area contributed by atoms with E-state index < -0.39 is 11.6 Å². The van der Waals surface area contributed by atoms with Crippen LogP contribution in [0.1, 0.15) is 11.5 Å². The Morgan fingerprint density at radius 1 is 1.15 bits per heavy atom. The molecular weight excluding hydrogens is 376 g/mol. The van der Waals surface area contributed by atoms with Gasteiger partial charge in [-0.2, -0.15) is 4.98 Å². The van der Waals surface area contributed by atoms with E-state index in [1.807, 2.05) is 6.07 Å². The molecule has 0 spiro atoms. The van der Waals surface area contributed by atoms with Crippen molar-refractivity contribution in [1.82, 2.24) is 20.8 Å². The predicted octanol–water partition coefficient (Wildman–Crippen LogP) is 3.53. The molecule has 0 radical (unpaired) electrons. The lowest BCUT2D eigenvalue weighted by Crippen LogP contribution is -2.36. The summed E-state index contributed by atoms with van der Waals surface area (Å²) in [6.45, 7) is 0.278. The van der Waals surface area contributed by atoms with Crippen LogP contribution in [0, 0.1) is 11.6 Å². The first-order chi connectivity index (χ1) is 13.0. The molecule has 1 heterocycles. The van der Waals surface area contributed by atoms with Gasteiger partial charge in [-0.1, -0.05) is 28.9 Å². The Balaban J connectivity index is 1.58. The highest BCUT2D eigenvalue weighted by Crippen LogP contribution is 2.19. The number of nitrogens with zero attached hydrogens (tertiary/aromatic N) is 3. The van der Waals surface area contributed by atoms with Crippen LogP contribution in [0.3, 0.4) is 0 Å². The van der Waals surface area contributed by atoms with Gasteiger partial charge in [-0.25, -0.2) is 8.78 Å². The number of aliphatic imine (C=N–C) groups is 1. The average Bonchev–Trinajstić information content (AvgIpc) is 3.13. The molecule has 0 aliphatic heterocycles. The van der Waals surface area contributed by atoms with E-state index in [9.17, 15) is 8.78 Å². The standard InChI is InChI=1S/C18H16ClF2N5O/c1-22-18(23-9-12-8-14(20)5-6-15(12)21)24-10-16-25-17(26-27-16)11-3-2-4-13(19)7-11/h2-8H,9-10H2,1H3,(H2,22,23,24). The molecule has 0 aliphatic carbocycles. The topological polar surface area (TPSA) is 75.3 Å². The number of halogens is 3. The highest BCUT2D eigenvalue weighted by Gasteiger charge is 2.10. The van der Waals surface area contributed by atoms with Gasteiger partial charge < -0.3 is 15.2 Å². The second kappa shape index (κ2) is 8.59. The molecule has 0 unspecified atom stereocenters. The number of aromatic nitrogens is 2.